The van der Waals surface area contributed by atoms with Crippen LogP contribution in [0.25, 0.3) is 10.9 Å². The maximum Gasteiger partial charge on any atom is 0.337 e. The largest absolute Gasteiger partial charge is 0.465 e. The van der Waals surface area contributed by atoms with E-state index in [-0.39, 0.29) is 18.0 Å². The first-order chi connectivity index (χ1) is 11.1. The van der Waals surface area contributed by atoms with Gasteiger partial charge in [-0.3, -0.25) is 9.36 Å². The average Bonchev–Trinajstić information content (AvgIpc) is 3.06. The lowest BCUT2D eigenvalue weighted by Crippen LogP contribution is -2.23. The summed E-state index contributed by atoms with van der Waals surface area (Å²) in [4.78, 5) is 34.1. The van der Waals surface area contributed by atoms with Crippen LogP contribution in [-0.2, 0) is 17.7 Å². The molecule has 0 aliphatic rings. The molecule has 2 aromatic heterocycles. The van der Waals surface area contributed by atoms with Gasteiger partial charge in [0, 0.05) is 24.9 Å². The molecule has 9 heteroatoms. The van der Waals surface area contributed by atoms with Crippen LogP contribution in [0.5, 0.6) is 0 Å². The fraction of sp³-hybridized carbons (Fsp3) is 0.200. The summed E-state index contributed by atoms with van der Waals surface area (Å²) in [7, 11) is 1.31. The first-order valence-electron chi connectivity index (χ1n) is 6.92. The fourth-order valence-corrected chi connectivity index (χ4v) is 2.64. The smallest absolute Gasteiger partial charge is 0.337 e. The Morgan fingerprint density at radius 1 is 1.42 bits per heavy atom. The van der Waals surface area contributed by atoms with E-state index in [4.69, 9.17) is 12.2 Å². The molecule has 7 nitrogen and oxygen atoms in total. The van der Waals surface area contributed by atoms with Gasteiger partial charge in [0.15, 0.2) is 4.77 Å². The molecule has 0 aliphatic heterocycles. The molecule has 0 saturated heterocycles. The first-order valence-corrected chi connectivity index (χ1v) is 7.33. The Labute approximate surface area is 148 Å². The van der Waals surface area contributed by atoms with Crippen molar-refractivity contribution >= 4 is 41.5 Å². The molecule has 0 amide bonds. The lowest BCUT2D eigenvalue weighted by molar-refractivity contribution is 0.0601. The van der Waals surface area contributed by atoms with Gasteiger partial charge in [0.2, 0.25) is 0 Å². The first kappa shape index (κ1) is 17.9. The van der Waals surface area contributed by atoms with E-state index in [9.17, 15) is 9.59 Å². The van der Waals surface area contributed by atoms with Gasteiger partial charge in [-0.25, -0.2) is 9.78 Å². The summed E-state index contributed by atoms with van der Waals surface area (Å²) < 4.78 is 6.48. The highest BCUT2D eigenvalue weighted by Crippen LogP contribution is 2.12. The molecule has 2 heterocycles. The van der Waals surface area contributed by atoms with Crippen LogP contribution in [0.4, 0.5) is 0 Å². The number of carbonyl (C=O) groups is 1. The number of halogens is 1. The number of aromatic amines is 2. The van der Waals surface area contributed by atoms with Crippen LogP contribution in [0.15, 0.2) is 35.5 Å². The maximum absolute atomic E-state index is 12.6. The number of H-pyrrole nitrogens is 2. The zero-order valence-electron chi connectivity index (χ0n) is 12.7. The van der Waals surface area contributed by atoms with Gasteiger partial charge in [-0.05, 0) is 30.4 Å². The number of aromatic nitrogens is 4. The second-order valence-electron chi connectivity index (χ2n) is 4.97. The van der Waals surface area contributed by atoms with Gasteiger partial charge in [0.05, 0.1) is 29.9 Å². The van der Waals surface area contributed by atoms with E-state index in [1.807, 2.05) is 0 Å². The minimum absolute atomic E-state index is 0. The van der Waals surface area contributed by atoms with E-state index in [1.165, 1.54) is 11.7 Å². The van der Waals surface area contributed by atoms with Gasteiger partial charge >= 0.3 is 5.97 Å². The fourth-order valence-electron chi connectivity index (χ4n) is 2.36. The third-order valence-electron chi connectivity index (χ3n) is 3.56. The molecule has 0 saturated carbocycles. The van der Waals surface area contributed by atoms with Crippen LogP contribution in [0.3, 0.4) is 0 Å². The summed E-state index contributed by atoms with van der Waals surface area (Å²) in [5.74, 6) is -0.463. The predicted octanol–water partition coefficient (Wildman–Crippen LogP) is 2.23. The molecule has 0 unspecified atom stereocenters. The second kappa shape index (κ2) is 7.41. The van der Waals surface area contributed by atoms with E-state index in [2.05, 4.69) is 19.7 Å². The number of hydrogen-bond acceptors (Lipinski definition) is 5. The maximum atomic E-state index is 12.6. The highest BCUT2D eigenvalue weighted by Gasteiger charge is 2.10. The number of imidazole rings is 1. The van der Waals surface area contributed by atoms with Gasteiger partial charge in [-0.15, -0.1) is 12.4 Å². The number of nitrogens with zero attached hydrogens (tertiary/aromatic N) is 2. The Morgan fingerprint density at radius 3 is 2.88 bits per heavy atom. The summed E-state index contributed by atoms with van der Waals surface area (Å²) in [6, 6.07) is 4.73. The quantitative estimate of drug-likeness (QED) is 0.545. The van der Waals surface area contributed by atoms with Gasteiger partial charge in [0.1, 0.15) is 0 Å². The highest BCUT2D eigenvalue weighted by molar-refractivity contribution is 7.71. The second-order valence-corrected chi connectivity index (χ2v) is 5.35. The summed E-state index contributed by atoms with van der Waals surface area (Å²) in [5, 5.41) is 0.468. The van der Waals surface area contributed by atoms with E-state index in [0.29, 0.717) is 34.2 Å². The van der Waals surface area contributed by atoms with E-state index < -0.39 is 5.97 Å². The number of hydrogen-bond donors (Lipinski definition) is 2. The van der Waals surface area contributed by atoms with Gasteiger partial charge in [0.25, 0.3) is 5.56 Å². The Balaban J connectivity index is 0.00000208. The normalized spacial score (nSPS) is 10.4. The number of ether oxygens (including phenoxy) is 1. The molecule has 0 spiro atoms. The molecular weight excluding hydrogens is 352 g/mol. The third kappa shape index (κ3) is 3.39. The van der Waals surface area contributed by atoms with Crippen molar-refractivity contribution < 1.29 is 9.53 Å². The van der Waals surface area contributed by atoms with Crippen molar-refractivity contribution in [2.45, 2.75) is 13.0 Å². The van der Waals surface area contributed by atoms with Gasteiger partial charge in [-0.2, -0.15) is 0 Å². The number of esters is 1. The lowest BCUT2D eigenvalue weighted by Gasteiger charge is -2.08. The number of rotatable bonds is 4. The number of methoxy groups -OCH3 is 1. The molecule has 0 radical (unpaired) electrons. The van der Waals surface area contributed by atoms with E-state index in [0.717, 1.165) is 5.69 Å². The minimum Gasteiger partial charge on any atom is -0.465 e. The Bertz CT molecular complexity index is 979. The third-order valence-corrected chi connectivity index (χ3v) is 3.89. The zero-order valence-corrected chi connectivity index (χ0v) is 14.4. The molecule has 3 aromatic rings. The van der Waals surface area contributed by atoms with Crippen molar-refractivity contribution in [2.75, 3.05) is 7.11 Å². The van der Waals surface area contributed by atoms with Crippen LogP contribution in [-0.4, -0.2) is 32.6 Å². The topological polar surface area (TPSA) is 92.8 Å². The minimum atomic E-state index is -0.463. The van der Waals surface area contributed by atoms with Crippen molar-refractivity contribution in [3.8, 4) is 0 Å². The van der Waals surface area contributed by atoms with Crippen molar-refractivity contribution in [3.63, 3.8) is 0 Å². The lowest BCUT2D eigenvalue weighted by atomic mass is 10.1. The van der Waals surface area contributed by atoms with Crippen LogP contribution in [0.1, 0.15) is 16.1 Å². The summed E-state index contributed by atoms with van der Waals surface area (Å²) in [6.45, 7) is 0.436. The molecule has 0 atom stereocenters. The molecule has 126 valence electrons. The monoisotopic (exact) mass is 366 g/mol. The number of carbonyl (C=O) groups excluding carboxylic acids is 1. The standard InChI is InChI=1S/C15H14N4O3S.ClH/c1-22-14(21)9-2-3-11-12(6-9)18-15(23)19(13(11)20)5-4-10-7-16-8-17-10;/h2-3,6-8H,4-5H2,1H3,(H,16,17)(H,18,23);1H. The molecule has 24 heavy (non-hydrogen) atoms. The summed E-state index contributed by atoms with van der Waals surface area (Å²) >= 11 is 5.26. The molecule has 3 rings (SSSR count). The molecule has 1 aromatic carbocycles. The average molecular weight is 367 g/mol. The SMILES string of the molecule is COC(=O)c1ccc2c(=O)n(CCc3cnc[nH]3)c(=S)[nH]c2c1.Cl. The van der Waals surface area contributed by atoms with Crippen LogP contribution in [0.2, 0.25) is 0 Å². The summed E-state index contributed by atoms with van der Waals surface area (Å²) in [6.07, 6.45) is 3.91. The highest BCUT2D eigenvalue weighted by atomic mass is 35.5. The van der Waals surface area contributed by atoms with Crippen molar-refractivity contribution in [1.82, 2.24) is 19.5 Å². The molecular formula is C15H15ClN4O3S. The van der Waals surface area contributed by atoms with Crippen molar-refractivity contribution in [2.24, 2.45) is 0 Å². The number of benzene rings is 1. The van der Waals surface area contributed by atoms with Gasteiger partial charge < -0.3 is 14.7 Å². The molecule has 0 aliphatic carbocycles. The van der Waals surface area contributed by atoms with E-state index >= 15 is 0 Å². The van der Waals surface area contributed by atoms with Crippen LogP contribution >= 0.6 is 24.6 Å². The molecule has 2 N–H and O–H groups in total. The number of aryl methyl sites for hydroxylation is 1. The summed E-state index contributed by atoms with van der Waals surface area (Å²) in [5.41, 5.74) is 1.60. The van der Waals surface area contributed by atoms with Crippen molar-refractivity contribution in [3.05, 3.63) is 57.1 Å². The number of nitrogens with one attached hydrogen (secondary N) is 2. The Kier molecular flexibility index (Phi) is 5.53. The molecule has 0 bridgehead atoms. The van der Waals surface area contributed by atoms with Gasteiger partial charge in [-0.1, -0.05) is 0 Å². The number of fused-ring (bicyclic) bond motifs is 1. The Hall–Kier alpha value is -2.45. The van der Waals surface area contributed by atoms with Crippen LogP contribution in [0, 0.1) is 4.77 Å². The molecule has 0 fully saturated rings. The Morgan fingerprint density at radius 2 is 2.21 bits per heavy atom. The van der Waals surface area contributed by atoms with E-state index in [1.54, 1.807) is 30.7 Å². The van der Waals surface area contributed by atoms with Crippen molar-refractivity contribution in [1.29, 1.82) is 0 Å². The zero-order chi connectivity index (χ0) is 16.4. The van der Waals surface area contributed by atoms with Crippen LogP contribution < -0.4 is 5.56 Å². The predicted molar refractivity (Wildman–Crippen MR) is 94.3 cm³/mol.